The molecule has 1 heterocycles. The van der Waals surface area contributed by atoms with Crippen LogP contribution in [0.15, 0.2) is 24.3 Å². The van der Waals surface area contributed by atoms with Crippen molar-refractivity contribution in [3.05, 3.63) is 24.3 Å². The summed E-state index contributed by atoms with van der Waals surface area (Å²) < 4.78 is 6.14. The molecule has 1 aromatic carbocycles. The average molecular weight is 278 g/mol. The van der Waals surface area contributed by atoms with Crippen LogP contribution in [0.4, 0.5) is 0 Å². The first-order valence-electron chi connectivity index (χ1n) is 5.87. The van der Waals surface area contributed by atoms with E-state index in [0.29, 0.717) is 11.3 Å². The van der Waals surface area contributed by atoms with Gasteiger partial charge < -0.3 is 14.9 Å². The summed E-state index contributed by atoms with van der Waals surface area (Å²) in [5, 5.41) is 29.7. The predicted octanol–water partition coefficient (Wildman–Crippen LogP) is 0.355. The molecular weight excluding hydrogens is 264 g/mol. The number of ether oxygens (including phenoxy) is 1. The maximum absolute atomic E-state index is 11.2. The van der Waals surface area contributed by atoms with Crippen LogP contribution in [0.2, 0.25) is 0 Å². The molecular formula is C12H14N4O4. The number of benzene rings is 1. The molecule has 106 valence electrons. The average Bonchev–Trinajstić information content (AvgIpc) is 2.87. The van der Waals surface area contributed by atoms with E-state index in [1.54, 1.807) is 31.4 Å². The number of nitrogens with zero attached hydrogens (tertiary/aromatic N) is 4. The molecule has 8 nitrogen and oxygen atoms in total. The van der Waals surface area contributed by atoms with Gasteiger partial charge in [-0.2, -0.15) is 0 Å². The van der Waals surface area contributed by atoms with Gasteiger partial charge >= 0.3 is 5.97 Å². The third-order valence-corrected chi connectivity index (χ3v) is 2.81. The molecule has 0 aliphatic heterocycles. The number of tetrazole rings is 1. The number of carboxylic acids is 1. The standard InChI is InChI=1S/C12H14N4O4/c1-7(17)10(12(18)19)16-11(13-14-15-16)8-3-5-9(20-2)6-4-8/h3-7,10,17H,1-2H3,(H,18,19). The second-order valence-corrected chi connectivity index (χ2v) is 4.20. The summed E-state index contributed by atoms with van der Waals surface area (Å²) in [5.74, 6) is -0.277. The first-order valence-corrected chi connectivity index (χ1v) is 5.87. The van der Waals surface area contributed by atoms with Crippen LogP contribution in [-0.2, 0) is 4.79 Å². The molecule has 0 amide bonds. The van der Waals surface area contributed by atoms with E-state index in [1.165, 1.54) is 6.92 Å². The molecule has 0 aliphatic rings. The Morgan fingerprint density at radius 1 is 1.35 bits per heavy atom. The van der Waals surface area contributed by atoms with Crippen molar-refractivity contribution < 1.29 is 19.7 Å². The number of carbonyl (C=O) groups is 1. The van der Waals surface area contributed by atoms with Gasteiger partial charge in [-0.1, -0.05) is 0 Å². The van der Waals surface area contributed by atoms with E-state index < -0.39 is 18.1 Å². The zero-order valence-electron chi connectivity index (χ0n) is 11.0. The normalized spacial score (nSPS) is 13.8. The van der Waals surface area contributed by atoms with Gasteiger partial charge in [0.05, 0.1) is 13.2 Å². The molecule has 2 atom stereocenters. The Balaban J connectivity index is 2.43. The van der Waals surface area contributed by atoms with E-state index in [9.17, 15) is 15.0 Å². The van der Waals surface area contributed by atoms with Gasteiger partial charge in [0.2, 0.25) is 0 Å². The number of carboxylic acid groups (broad SMARTS) is 1. The van der Waals surface area contributed by atoms with E-state index in [2.05, 4.69) is 15.5 Å². The lowest BCUT2D eigenvalue weighted by molar-refractivity contribution is -0.144. The van der Waals surface area contributed by atoms with Crippen molar-refractivity contribution in [2.24, 2.45) is 0 Å². The maximum atomic E-state index is 11.2. The van der Waals surface area contributed by atoms with E-state index >= 15 is 0 Å². The molecule has 8 heteroatoms. The Bertz CT molecular complexity index is 594. The topological polar surface area (TPSA) is 110 Å². The zero-order chi connectivity index (χ0) is 14.7. The number of hydrogen-bond acceptors (Lipinski definition) is 6. The Labute approximate surface area is 114 Å². The van der Waals surface area contributed by atoms with Crippen LogP contribution in [0, 0.1) is 0 Å². The Morgan fingerprint density at radius 3 is 2.50 bits per heavy atom. The van der Waals surface area contributed by atoms with E-state index in [-0.39, 0.29) is 5.82 Å². The van der Waals surface area contributed by atoms with Crippen molar-refractivity contribution in [1.29, 1.82) is 0 Å². The van der Waals surface area contributed by atoms with Crippen LogP contribution in [0.3, 0.4) is 0 Å². The summed E-state index contributed by atoms with van der Waals surface area (Å²) >= 11 is 0. The first kappa shape index (κ1) is 13.9. The molecule has 0 saturated heterocycles. The largest absolute Gasteiger partial charge is 0.497 e. The van der Waals surface area contributed by atoms with Crippen molar-refractivity contribution in [3.63, 3.8) is 0 Å². The number of rotatable bonds is 5. The highest BCUT2D eigenvalue weighted by Gasteiger charge is 2.29. The third-order valence-electron chi connectivity index (χ3n) is 2.81. The minimum absolute atomic E-state index is 0.265. The Kier molecular flexibility index (Phi) is 3.94. The highest BCUT2D eigenvalue weighted by molar-refractivity contribution is 5.73. The summed E-state index contributed by atoms with van der Waals surface area (Å²) in [7, 11) is 1.55. The minimum atomic E-state index is -1.25. The van der Waals surface area contributed by atoms with Crippen molar-refractivity contribution in [3.8, 4) is 17.1 Å². The maximum Gasteiger partial charge on any atom is 0.331 e. The summed E-state index contributed by atoms with van der Waals surface area (Å²) in [4.78, 5) is 11.2. The van der Waals surface area contributed by atoms with Crippen LogP contribution >= 0.6 is 0 Å². The van der Waals surface area contributed by atoms with E-state index in [1.807, 2.05) is 0 Å². The van der Waals surface area contributed by atoms with Gasteiger partial charge in [0, 0.05) is 5.56 Å². The Morgan fingerprint density at radius 2 is 2.00 bits per heavy atom. The second kappa shape index (κ2) is 5.66. The number of aliphatic hydroxyl groups is 1. The lowest BCUT2D eigenvalue weighted by Crippen LogP contribution is -2.30. The summed E-state index contributed by atoms with van der Waals surface area (Å²) in [5.41, 5.74) is 0.628. The molecule has 0 saturated carbocycles. The van der Waals surface area contributed by atoms with Gasteiger partial charge in [-0.3, -0.25) is 0 Å². The molecule has 2 rings (SSSR count). The lowest BCUT2D eigenvalue weighted by Gasteiger charge is -2.16. The fourth-order valence-electron chi connectivity index (χ4n) is 1.83. The number of aliphatic hydroxyl groups excluding tert-OH is 1. The van der Waals surface area contributed by atoms with Gasteiger partial charge in [0.15, 0.2) is 11.9 Å². The lowest BCUT2D eigenvalue weighted by atomic mass is 10.1. The highest BCUT2D eigenvalue weighted by Crippen LogP contribution is 2.23. The monoisotopic (exact) mass is 278 g/mol. The molecule has 0 radical (unpaired) electrons. The highest BCUT2D eigenvalue weighted by atomic mass is 16.5. The fraction of sp³-hybridized carbons (Fsp3) is 0.333. The molecule has 2 aromatic rings. The van der Waals surface area contributed by atoms with Crippen LogP contribution in [0.1, 0.15) is 13.0 Å². The van der Waals surface area contributed by atoms with Gasteiger partial charge in [-0.05, 0) is 41.6 Å². The predicted molar refractivity (Wildman–Crippen MR) is 68.2 cm³/mol. The molecule has 2 N–H and O–H groups in total. The SMILES string of the molecule is COc1ccc(-c2nnnn2C(C(=O)O)C(C)O)cc1. The molecule has 0 bridgehead atoms. The van der Waals surface area contributed by atoms with Crippen LogP contribution in [0.5, 0.6) is 5.75 Å². The number of aliphatic carboxylic acids is 1. The molecule has 1 aromatic heterocycles. The van der Waals surface area contributed by atoms with E-state index in [0.717, 1.165) is 4.68 Å². The number of aromatic nitrogens is 4. The van der Waals surface area contributed by atoms with Gasteiger partial charge in [0.1, 0.15) is 5.75 Å². The number of methoxy groups -OCH3 is 1. The summed E-state index contributed by atoms with van der Waals surface area (Å²) in [6.07, 6.45) is -1.13. The van der Waals surface area contributed by atoms with Crippen LogP contribution < -0.4 is 4.74 Å². The molecule has 0 spiro atoms. The number of hydrogen-bond donors (Lipinski definition) is 2. The minimum Gasteiger partial charge on any atom is -0.497 e. The molecule has 0 aliphatic carbocycles. The van der Waals surface area contributed by atoms with Gasteiger partial charge in [-0.15, -0.1) is 5.10 Å². The molecule has 2 unspecified atom stereocenters. The van der Waals surface area contributed by atoms with Crippen molar-refractivity contribution in [2.45, 2.75) is 19.1 Å². The second-order valence-electron chi connectivity index (χ2n) is 4.20. The zero-order valence-corrected chi connectivity index (χ0v) is 11.0. The first-order chi connectivity index (χ1) is 9.54. The summed E-state index contributed by atoms with van der Waals surface area (Å²) in [6.45, 7) is 1.37. The van der Waals surface area contributed by atoms with Crippen LogP contribution in [-0.4, -0.2) is 49.6 Å². The summed E-state index contributed by atoms with van der Waals surface area (Å²) in [6, 6.07) is 5.60. The third kappa shape index (κ3) is 2.59. The molecule has 0 fully saturated rings. The van der Waals surface area contributed by atoms with Crippen molar-refractivity contribution in [1.82, 2.24) is 20.2 Å². The quantitative estimate of drug-likeness (QED) is 0.812. The van der Waals surface area contributed by atoms with Gasteiger partial charge in [0.25, 0.3) is 0 Å². The van der Waals surface area contributed by atoms with Crippen LogP contribution in [0.25, 0.3) is 11.4 Å². The van der Waals surface area contributed by atoms with Crippen molar-refractivity contribution >= 4 is 5.97 Å². The smallest absolute Gasteiger partial charge is 0.331 e. The van der Waals surface area contributed by atoms with E-state index in [4.69, 9.17) is 4.74 Å². The Hall–Kier alpha value is -2.48. The fourth-order valence-corrected chi connectivity index (χ4v) is 1.83. The molecule has 20 heavy (non-hydrogen) atoms. The van der Waals surface area contributed by atoms with Crippen molar-refractivity contribution in [2.75, 3.05) is 7.11 Å². The van der Waals surface area contributed by atoms with Gasteiger partial charge in [-0.25, -0.2) is 9.48 Å².